The fourth-order valence-corrected chi connectivity index (χ4v) is 3.46. The zero-order valence-electron chi connectivity index (χ0n) is 8.99. The second kappa shape index (κ2) is 5.17. The Kier molecular flexibility index (Phi) is 3.97. The number of H-pyrrole nitrogens is 1. The standard InChI is InChI=1S/C9H11BrN2O5S/c10-3-1-12(9(17)11-7(3)16)8-6(15)5(14)4(2-13)18-8/h1,4-6,8,13-15H,2H2,(H,11,16,17)/t4-,5-,6+,8-/m0/s1. The highest BCUT2D eigenvalue weighted by Gasteiger charge is 2.43. The third kappa shape index (κ3) is 2.28. The van der Waals surface area contributed by atoms with Gasteiger partial charge in [0.15, 0.2) is 0 Å². The van der Waals surface area contributed by atoms with Crippen LogP contribution in [-0.2, 0) is 0 Å². The first kappa shape index (κ1) is 13.8. The Morgan fingerprint density at radius 2 is 2.06 bits per heavy atom. The third-order valence-corrected chi connectivity index (χ3v) is 4.84. The lowest BCUT2D eigenvalue weighted by Gasteiger charge is -2.17. The van der Waals surface area contributed by atoms with Crippen molar-refractivity contribution >= 4 is 27.7 Å². The molecule has 1 aromatic rings. The molecule has 0 amide bonds. The first-order valence-electron chi connectivity index (χ1n) is 5.09. The molecule has 4 atom stereocenters. The Morgan fingerprint density at radius 1 is 1.39 bits per heavy atom. The van der Waals surface area contributed by atoms with E-state index in [2.05, 4.69) is 20.9 Å². The summed E-state index contributed by atoms with van der Waals surface area (Å²) in [5, 5.41) is 27.2. The third-order valence-electron chi connectivity index (χ3n) is 2.72. The normalized spacial score (nSPS) is 31.8. The second-order valence-electron chi connectivity index (χ2n) is 3.87. The van der Waals surface area contributed by atoms with Crippen molar-refractivity contribution in [2.45, 2.75) is 22.8 Å². The molecule has 0 spiro atoms. The molecule has 4 N–H and O–H groups in total. The quantitative estimate of drug-likeness (QED) is 0.528. The van der Waals surface area contributed by atoms with Crippen molar-refractivity contribution < 1.29 is 15.3 Å². The number of aliphatic hydroxyl groups excluding tert-OH is 3. The van der Waals surface area contributed by atoms with E-state index in [1.807, 2.05) is 0 Å². The SMILES string of the molecule is O=c1[nH]c(=O)n([C@H]2S[C@@H](CO)[C@H](O)[C@H]2O)cc1Br. The van der Waals surface area contributed by atoms with Gasteiger partial charge < -0.3 is 15.3 Å². The molecule has 0 bridgehead atoms. The van der Waals surface area contributed by atoms with Gasteiger partial charge in [0, 0.05) is 6.20 Å². The van der Waals surface area contributed by atoms with Gasteiger partial charge in [-0.3, -0.25) is 14.3 Å². The molecular weight excluding hydrogens is 328 g/mol. The fourth-order valence-electron chi connectivity index (χ4n) is 1.76. The zero-order chi connectivity index (χ0) is 13.4. The Morgan fingerprint density at radius 3 is 2.61 bits per heavy atom. The first-order valence-corrected chi connectivity index (χ1v) is 6.82. The summed E-state index contributed by atoms with van der Waals surface area (Å²) in [5.41, 5.74) is -1.24. The maximum absolute atomic E-state index is 11.6. The van der Waals surface area contributed by atoms with Gasteiger partial charge in [-0.25, -0.2) is 4.79 Å². The van der Waals surface area contributed by atoms with Crippen LogP contribution in [0.1, 0.15) is 5.37 Å². The van der Waals surface area contributed by atoms with Gasteiger partial charge in [-0.2, -0.15) is 0 Å². The van der Waals surface area contributed by atoms with Crippen LogP contribution in [0.3, 0.4) is 0 Å². The number of rotatable bonds is 2. The van der Waals surface area contributed by atoms with Crippen LogP contribution >= 0.6 is 27.7 Å². The topological polar surface area (TPSA) is 116 Å². The second-order valence-corrected chi connectivity index (χ2v) is 6.09. The Balaban J connectivity index is 2.42. The molecule has 7 nitrogen and oxygen atoms in total. The fraction of sp³-hybridized carbons (Fsp3) is 0.556. The van der Waals surface area contributed by atoms with Gasteiger partial charge in [0.2, 0.25) is 0 Å². The van der Waals surface area contributed by atoms with E-state index in [1.165, 1.54) is 6.20 Å². The molecule has 9 heteroatoms. The Bertz CT molecular complexity index is 559. The summed E-state index contributed by atoms with van der Waals surface area (Å²) in [6.07, 6.45) is -1.06. The summed E-state index contributed by atoms with van der Waals surface area (Å²) < 4.78 is 1.27. The van der Waals surface area contributed by atoms with Crippen LogP contribution < -0.4 is 11.2 Å². The van der Waals surface area contributed by atoms with Crippen molar-refractivity contribution in [3.63, 3.8) is 0 Å². The monoisotopic (exact) mass is 338 g/mol. The first-order chi connectivity index (χ1) is 8.45. The minimum atomic E-state index is -1.19. The highest BCUT2D eigenvalue weighted by Crippen LogP contribution is 2.40. The van der Waals surface area contributed by atoms with Crippen molar-refractivity contribution in [2.24, 2.45) is 0 Å². The van der Waals surface area contributed by atoms with E-state index in [4.69, 9.17) is 5.11 Å². The number of hydrogen-bond acceptors (Lipinski definition) is 6. The van der Waals surface area contributed by atoms with E-state index in [-0.39, 0.29) is 11.1 Å². The summed E-state index contributed by atoms with van der Waals surface area (Å²) >= 11 is 4.07. The van der Waals surface area contributed by atoms with E-state index in [1.54, 1.807) is 0 Å². The number of aromatic nitrogens is 2. The summed E-state index contributed by atoms with van der Waals surface area (Å²) in [7, 11) is 0. The average Bonchev–Trinajstić information content (AvgIpc) is 2.61. The Labute approximate surface area is 114 Å². The van der Waals surface area contributed by atoms with E-state index in [0.717, 1.165) is 16.3 Å². The van der Waals surface area contributed by atoms with Crippen LogP contribution in [0.15, 0.2) is 20.3 Å². The lowest BCUT2D eigenvalue weighted by Crippen LogP contribution is -2.37. The molecule has 100 valence electrons. The van der Waals surface area contributed by atoms with Crippen LogP contribution in [-0.4, -0.2) is 48.9 Å². The van der Waals surface area contributed by atoms with Crippen LogP contribution in [0.5, 0.6) is 0 Å². The lowest BCUT2D eigenvalue weighted by atomic mass is 10.1. The molecule has 2 heterocycles. The molecule has 1 aromatic heterocycles. The van der Waals surface area contributed by atoms with Gasteiger partial charge in [-0.15, -0.1) is 11.8 Å². The van der Waals surface area contributed by atoms with Crippen molar-refractivity contribution in [3.8, 4) is 0 Å². The van der Waals surface area contributed by atoms with Gasteiger partial charge in [0.1, 0.15) is 11.5 Å². The van der Waals surface area contributed by atoms with Gasteiger partial charge >= 0.3 is 5.69 Å². The van der Waals surface area contributed by atoms with Crippen molar-refractivity contribution in [3.05, 3.63) is 31.5 Å². The predicted octanol–water partition coefficient (Wildman–Crippen LogP) is -1.37. The lowest BCUT2D eigenvalue weighted by molar-refractivity contribution is 0.0101. The maximum atomic E-state index is 11.6. The smallest absolute Gasteiger partial charge is 0.329 e. The molecule has 18 heavy (non-hydrogen) atoms. The highest BCUT2D eigenvalue weighted by atomic mass is 79.9. The van der Waals surface area contributed by atoms with E-state index >= 15 is 0 Å². The molecule has 1 aliphatic heterocycles. The molecule has 2 rings (SSSR count). The summed E-state index contributed by atoms with van der Waals surface area (Å²) in [5.74, 6) is 0. The molecular formula is C9H11BrN2O5S. The van der Waals surface area contributed by atoms with Crippen LogP contribution in [0.4, 0.5) is 0 Å². The van der Waals surface area contributed by atoms with E-state index < -0.39 is 34.1 Å². The van der Waals surface area contributed by atoms with Crippen LogP contribution in [0.2, 0.25) is 0 Å². The molecule has 0 radical (unpaired) electrons. The summed E-state index contributed by atoms with van der Waals surface area (Å²) in [4.78, 5) is 24.9. The minimum absolute atomic E-state index is 0.150. The minimum Gasteiger partial charge on any atom is -0.395 e. The van der Waals surface area contributed by atoms with Crippen LogP contribution in [0.25, 0.3) is 0 Å². The average molecular weight is 339 g/mol. The summed E-state index contributed by atoms with van der Waals surface area (Å²) in [6.45, 7) is -0.307. The van der Waals surface area contributed by atoms with Gasteiger partial charge in [0.25, 0.3) is 5.56 Å². The number of thioether (sulfide) groups is 1. The zero-order valence-corrected chi connectivity index (χ0v) is 11.4. The number of aromatic amines is 1. The molecule has 0 saturated carbocycles. The van der Waals surface area contributed by atoms with Crippen molar-refractivity contribution in [2.75, 3.05) is 6.61 Å². The molecule has 1 aliphatic rings. The maximum Gasteiger partial charge on any atom is 0.329 e. The number of nitrogens with one attached hydrogen (secondary N) is 1. The molecule has 0 aromatic carbocycles. The van der Waals surface area contributed by atoms with Crippen LogP contribution in [0, 0.1) is 0 Å². The number of aliphatic hydroxyl groups is 3. The number of halogens is 1. The highest BCUT2D eigenvalue weighted by molar-refractivity contribution is 9.10. The molecule has 1 saturated heterocycles. The van der Waals surface area contributed by atoms with Gasteiger partial charge in [-0.1, -0.05) is 0 Å². The van der Waals surface area contributed by atoms with Crippen molar-refractivity contribution in [1.29, 1.82) is 0 Å². The largest absolute Gasteiger partial charge is 0.395 e. The van der Waals surface area contributed by atoms with Crippen molar-refractivity contribution in [1.82, 2.24) is 9.55 Å². The molecule has 0 unspecified atom stereocenters. The van der Waals surface area contributed by atoms with E-state index in [9.17, 15) is 19.8 Å². The summed E-state index contributed by atoms with van der Waals surface area (Å²) in [6, 6.07) is 0. The van der Waals surface area contributed by atoms with Gasteiger partial charge in [0.05, 0.1) is 22.4 Å². The number of nitrogens with zero attached hydrogens (tertiary/aromatic N) is 1. The van der Waals surface area contributed by atoms with E-state index in [0.29, 0.717) is 0 Å². The Hall–Kier alpha value is -0.610. The van der Waals surface area contributed by atoms with Gasteiger partial charge in [-0.05, 0) is 15.9 Å². The number of hydrogen-bond donors (Lipinski definition) is 4. The predicted molar refractivity (Wildman–Crippen MR) is 68.5 cm³/mol. The molecule has 1 fully saturated rings. The molecule has 0 aliphatic carbocycles.